The molecule has 0 amide bonds. The van der Waals surface area contributed by atoms with Crippen LogP contribution in [0.4, 0.5) is 0 Å². The van der Waals surface area contributed by atoms with Crippen molar-refractivity contribution in [3.05, 3.63) is 22.4 Å². The Labute approximate surface area is 115 Å². The Bertz CT molecular complexity index is 356. The fourth-order valence-corrected chi connectivity index (χ4v) is 4.02. The number of rotatable bonds is 3. The molecule has 1 aromatic rings. The lowest BCUT2D eigenvalue weighted by Crippen LogP contribution is -2.52. The lowest BCUT2D eigenvalue weighted by Gasteiger charge is -2.46. The maximum Gasteiger partial charge on any atom is 0.0196 e. The molecule has 0 unspecified atom stereocenters. The van der Waals surface area contributed by atoms with E-state index in [9.17, 15) is 0 Å². The first-order valence-electron chi connectivity index (χ1n) is 6.92. The number of nitrogens with one attached hydrogen (secondary N) is 1. The molecule has 3 heteroatoms. The molecule has 0 bridgehead atoms. The minimum Gasteiger partial charge on any atom is -0.319 e. The summed E-state index contributed by atoms with van der Waals surface area (Å²) >= 11 is 1.92. The zero-order chi connectivity index (χ0) is 13.2. The third kappa shape index (κ3) is 2.79. The maximum absolute atomic E-state index is 3.41. The van der Waals surface area contributed by atoms with Gasteiger partial charge in [0, 0.05) is 22.4 Å². The van der Waals surface area contributed by atoms with Gasteiger partial charge in [-0.1, -0.05) is 6.07 Å². The van der Waals surface area contributed by atoms with Crippen LogP contribution in [-0.2, 0) is 5.41 Å². The Balaban J connectivity index is 2.12. The van der Waals surface area contributed by atoms with Gasteiger partial charge in [0.1, 0.15) is 0 Å². The van der Waals surface area contributed by atoms with Gasteiger partial charge in [-0.25, -0.2) is 0 Å². The molecular weight excluding hydrogens is 240 g/mol. The van der Waals surface area contributed by atoms with E-state index in [2.05, 4.69) is 55.5 Å². The zero-order valence-electron chi connectivity index (χ0n) is 12.1. The first-order chi connectivity index (χ1) is 8.48. The van der Waals surface area contributed by atoms with Crippen molar-refractivity contribution >= 4 is 11.3 Å². The molecular formula is C15H26N2S. The van der Waals surface area contributed by atoms with Crippen LogP contribution in [0, 0.1) is 0 Å². The summed E-state index contributed by atoms with van der Waals surface area (Å²) in [6.45, 7) is 10.5. The molecule has 0 radical (unpaired) electrons. The van der Waals surface area contributed by atoms with Crippen LogP contribution in [0.2, 0.25) is 0 Å². The van der Waals surface area contributed by atoms with Gasteiger partial charge in [0.15, 0.2) is 0 Å². The van der Waals surface area contributed by atoms with Crippen molar-refractivity contribution in [2.45, 2.75) is 44.6 Å². The average molecular weight is 266 g/mol. The van der Waals surface area contributed by atoms with Crippen LogP contribution in [0.25, 0.3) is 0 Å². The van der Waals surface area contributed by atoms with Gasteiger partial charge < -0.3 is 5.32 Å². The van der Waals surface area contributed by atoms with E-state index >= 15 is 0 Å². The summed E-state index contributed by atoms with van der Waals surface area (Å²) in [4.78, 5) is 4.18. The molecule has 102 valence electrons. The standard InChI is InChI=1S/C15H26N2S/c1-14(2,3)17-9-7-15(8-10-17,12-16-4)13-6-5-11-18-13/h5-6,11,16H,7-10,12H2,1-4H3. The second kappa shape index (κ2) is 5.32. The van der Waals surface area contributed by atoms with Crippen LogP contribution in [0.5, 0.6) is 0 Å². The fourth-order valence-electron chi connectivity index (χ4n) is 3.03. The Morgan fingerprint density at radius 2 is 2.00 bits per heavy atom. The van der Waals surface area contributed by atoms with Gasteiger partial charge in [0.2, 0.25) is 0 Å². The average Bonchev–Trinajstić information content (AvgIpc) is 2.82. The predicted molar refractivity (Wildman–Crippen MR) is 80.5 cm³/mol. The van der Waals surface area contributed by atoms with E-state index < -0.39 is 0 Å². The quantitative estimate of drug-likeness (QED) is 0.904. The van der Waals surface area contributed by atoms with Crippen LogP contribution in [0.3, 0.4) is 0 Å². The molecule has 1 aromatic heterocycles. The minimum absolute atomic E-state index is 0.307. The summed E-state index contributed by atoms with van der Waals surface area (Å²) in [5, 5.41) is 5.62. The molecule has 2 rings (SSSR count). The van der Waals surface area contributed by atoms with Gasteiger partial charge in [-0.3, -0.25) is 4.90 Å². The molecule has 2 nitrogen and oxygen atoms in total. The number of likely N-dealkylation sites (N-methyl/N-ethyl adjacent to an activating group) is 1. The van der Waals surface area contributed by atoms with Crippen LogP contribution < -0.4 is 5.32 Å². The van der Waals surface area contributed by atoms with E-state index in [0.717, 1.165) is 6.54 Å². The highest BCUT2D eigenvalue weighted by atomic mass is 32.1. The van der Waals surface area contributed by atoms with Crippen molar-refractivity contribution in [3.8, 4) is 0 Å². The van der Waals surface area contributed by atoms with Crippen molar-refractivity contribution in [2.75, 3.05) is 26.7 Å². The summed E-state index contributed by atoms with van der Waals surface area (Å²) in [6, 6.07) is 4.50. The second-order valence-corrected chi connectivity index (χ2v) is 7.39. The molecule has 0 atom stereocenters. The molecule has 0 aromatic carbocycles. The fraction of sp³-hybridized carbons (Fsp3) is 0.733. The molecule has 0 spiro atoms. The van der Waals surface area contributed by atoms with Crippen molar-refractivity contribution in [1.29, 1.82) is 0 Å². The predicted octanol–water partition coefficient (Wildman–Crippen LogP) is 3.10. The first kappa shape index (κ1) is 14.0. The lowest BCUT2D eigenvalue weighted by molar-refractivity contribution is 0.0753. The monoisotopic (exact) mass is 266 g/mol. The van der Waals surface area contributed by atoms with Crippen molar-refractivity contribution in [1.82, 2.24) is 10.2 Å². The molecule has 1 fully saturated rings. The van der Waals surface area contributed by atoms with E-state index in [-0.39, 0.29) is 0 Å². The molecule has 1 aliphatic rings. The molecule has 1 saturated heterocycles. The van der Waals surface area contributed by atoms with E-state index in [1.54, 1.807) is 4.88 Å². The zero-order valence-corrected chi connectivity index (χ0v) is 12.9. The summed E-state index contributed by atoms with van der Waals surface area (Å²) in [5.41, 5.74) is 0.673. The summed E-state index contributed by atoms with van der Waals surface area (Å²) < 4.78 is 0. The first-order valence-corrected chi connectivity index (χ1v) is 7.80. The van der Waals surface area contributed by atoms with Crippen molar-refractivity contribution < 1.29 is 0 Å². The summed E-state index contributed by atoms with van der Waals surface area (Å²) in [5.74, 6) is 0. The normalized spacial score (nSPS) is 21.1. The smallest absolute Gasteiger partial charge is 0.0196 e. The van der Waals surface area contributed by atoms with Crippen molar-refractivity contribution in [2.24, 2.45) is 0 Å². The molecule has 0 aliphatic carbocycles. The molecule has 1 N–H and O–H groups in total. The minimum atomic E-state index is 0.307. The van der Waals surface area contributed by atoms with E-state index in [4.69, 9.17) is 0 Å². The van der Waals surface area contributed by atoms with Crippen LogP contribution in [0.15, 0.2) is 17.5 Å². The molecule has 18 heavy (non-hydrogen) atoms. The SMILES string of the molecule is CNCC1(c2cccs2)CCN(C(C)(C)C)CC1. The third-order valence-corrected chi connectivity index (χ3v) is 5.34. The van der Waals surface area contributed by atoms with Crippen LogP contribution >= 0.6 is 11.3 Å². The van der Waals surface area contributed by atoms with Gasteiger partial charge in [0.05, 0.1) is 0 Å². The third-order valence-electron chi connectivity index (χ3n) is 4.23. The highest BCUT2D eigenvalue weighted by Gasteiger charge is 2.38. The van der Waals surface area contributed by atoms with Crippen molar-refractivity contribution in [3.63, 3.8) is 0 Å². The highest BCUT2D eigenvalue weighted by molar-refractivity contribution is 7.10. The van der Waals surface area contributed by atoms with E-state index in [0.29, 0.717) is 11.0 Å². The van der Waals surface area contributed by atoms with Gasteiger partial charge in [-0.2, -0.15) is 0 Å². The Hall–Kier alpha value is -0.380. The Morgan fingerprint density at radius 1 is 1.33 bits per heavy atom. The summed E-state index contributed by atoms with van der Waals surface area (Å²) in [7, 11) is 2.07. The van der Waals surface area contributed by atoms with Crippen LogP contribution in [-0.4, -0.2) is 37.1 Å². The largest absolute Gasteiger partial charge is 0.319 e. The van der Waals surface area contributed by atoms with E-state index in [1.165, 1.54) is 25.9 Å². The van der Waals surface area contributed by atoms with Gasteiger partial charge in [0.25, 0.3) is 0 Å². The second-order valence-electron chi connectivity index (χ2n) is 6.45. The number of likely N-dealkylation sites (tertiary alicyclic amines) is 1. The number of nitrogens with zero attached hydrogens (tertiary/aromatic N) is 1. The van der Waals surface area contributed by atoms with E-state index in [1.807, 2.05) is 11.3 Å². The molecule has 2 heterocycles. The summed E-state index contributed by atoms with van der Waals surface area (Å²) in [6.07, 6.45) is 2.54. The Morgan fingerprint density at radius 3 is 2.44 bits per heavy atom. The van der Waals surface area contributed by atoms with Gasteiger partial charge in [-0.15, -0.1) is 11.3 Å². The number of hydrogen-bond acceptors (Lipinski definition) is 3. The number of hydrogen-bond donors (Lipinski definition) is 1. The highest BCUT2D eigenvalue weighted by Crippen LogP contribution is 2.39. The van der Waals surface area contributed by atoms with Crippen LogP contribution in [0.1, 0.15) is 38.5 Å². The lowest BCUT2D eigenvalue weighted by atomic mass is 9.76. The molecule has 1 aliphatic heterocycles. The number of piperidine rings is 1. The van der Waals surface area contributed by atoms with Gasteiger partial charge in [-0.05, 0) is 65.2 Å². The maximum atomic E-state index is 3.41. The van der Waals surface area contributed by atoms with Gasteiger partial charge >= 0.3 is 0 Å². The Kier molecular flexibility index (Phi) is 4.15. The molecule has 0 saturated carbocycles. The number of thiophene rings is 1. The topological polar surface area (TPSA) is 15.3 Å².